The number of carbonyl (C=O) groups is 1. The number of nitrogens with one attached hydrogen (secondary N) is 1. The van der Waals surface area contributed by atoms with Gasteiger partial charge in [-0.05, 0) is 39.8 Å². The van der Waals surface area contributed by atoms with E-state index in [9.17, 15) is 9.90 Å². The van der Waals surface area contributed by atoms with Crippen molar-refractivity contribution in [1.82, 2.24) is 5.32 Å². The van der Waals surface area contributed by atoms with Gasteiger partial charge in [-0.15, -0.1) is 0 Å². The Kier molecular flexibility index (Phi) is 3.97. The number of Topliss-reactive ketones (excluding diaryl/α,β-unsaturated/α-hetero) is 1. The van der Waals surface area contributed by atoms with Gasteiger partial charge in [0.1, 0.15) is 0 Å². The van der Waals surface area contributed by atoms with E-state index in [1.807, 2.05) is 20.8 Å². The van der Waals surface area contributed by atoms with Crippen LogP contribution in [0.5, 0.6) is 0 Å². The molecule has 17 heavy (non-hydrogen) atoms. The maximum absolute atomic E-state index is 12.1. The van der Waals surface area contributed by atoms with E-state index >= 15 is 0 Å². The molecular weight excluding hydrogens is 238 g/mol. The Hall–Kier alpha value is -0.900. The lowest BCUT2D eigenvalue weighted by molar-refractivity contribution is 0.00914. The van der Waals surface area contributed by atoms with Gasteiger partial charge in [0, 0.05) is 16.1 Å². The Labute approximate surface area is 107 Å². The van der Waals surface area contributed by atoms with Gasteiger partial charge in [-0.1, -0.05) is 23.7 Å². The Morgan fingerprint density at radius 1 is 1.29 bits per heavy atom. The molecule has 0 aliphatic heterocycles. The molecule has 0 saturated heterocycles. The van der Waals surface area contributed by atoms with E-state index < -0.39 is 11.5 Å². The normalized spacial score (nSPS) is 15.4. The first-order valence-electron chi connectivity index (χ1n) is 5.44. The van der Waals surface area contributed by atoms with Crippen LogP contribution in [0.25, 0.3) is 0 Å². The second-order valence-corrected chi connectivity index (χ2v) is 5.72. The van der Waals surface area contributed by atoms with Crippen LogP contribution < -0.4 is 5.32 Å². The standard InChI is InChI=1S/C13H18ClNO2/c1-12(2,3)15-13(4,17)11(16)9-6-5-7-10(14)8-9/h5-8,15,17H,1-4H3. The molecule has 0 aliphatic rings. The Morgan fingerprint density at radius 3 is 2.35 bits per heavy atom. The summed E-state index contributed by atoms with van der Waals surface area (Å²) in [5, 5.41) is 13.5. The summed E-state index contributed by atoms with van der Waals surface area (Å²) < 4.78 is 0. The van der Waals surface area contributed by atoms with E-state index in [2.05, 4.69) is 5.32 Å². The van der Waals surface area contributed by atoms with Crippen molar-refractivity contribution in [3.8, 4) is 0 Å². The molecule has 0 spiro atoms. The second-order valence-electron chi connectivity index (χ2n) is 5.29. The van der Waals surface area contributed by atoms with Crippen LogP contribution in [0.15, 0.2) is 24.3 Å². The number of halogens is 1. The van der Waals surface area contributed by atoms with Crippen molar-refractivity contribution in [2.24, 2.45) is 0 Å². The van der Waals surface area contributed by atoms with Crippen molar-refractivity contribution in [3.05, 3.63) is 34.9 Å². The monoisotopic (exact) mass is 255 g/mol. The number of hydrogen-bond acceptors (Lipinski definition) is 3. The van der Waals surface area contributed by atoms with Crippen LogP contribution in [0.3, 0.4) is 0 Å². The highest BCUT2D eigenvalue weighted by atomic mass is 35.5. The Balaban J connectivity index is 2.96. The van der Waals surface area contributed by atoms with E-state index in [1.54, 1.807) is 24.3 Å². The predicted molar refractivity (Wildman–Crippen MR) is 69.3 cm³/mol. The van der Waals surface area contributed by atoms with E-state index in [-0.39, 0.29) is 5.54 Å². The smallest absolute Gasteiger partial charge is 0.209 e. The SMILES string of the molecule is CC(C)(C)NC(C)(O)C(=O)c1cccc(Cl)c1. The topological polar surface area (TPSA) is 49.3 Å². The van der Waals surface area contributed by atoms with Gasteiger partial charge in [-0.25, -0.2) is 0 Å². The van der Waals surface area contributed by atoms with Crippen LogP contribution in [-0.4, -0.2) is 22.2 Å². The third-order valence-electron chi connectivity index (χ3n) is 2.15. The van der Waals surface area contributed by atoms with E-state index in [1.165, 1.54) is 6.92 Å². The summed E-state index contributed by atoms with van der Waals surface area (Å²) in [7, 11) is 0. The average molecular weight is 256 g/mol. The van der Waals surface area contributed by atoms with Crippen LogP contribution in [0.1, 0.15) is 38.1 Å². The van der Waals surface area contributed by atoms with Gasteiger partial charge in [0.05, 0.1) is 0 Å². The van der Waals surface area contributed by atoms with Gasteiger partial charge < -0.3 is 5.11 Å². The zero-order chi connectivity index (χ0) is 13.3. The first kappa shape index (κ1) is 14.2. The van der Waals surface area contributed by atoms with Crippen molar-refractivity contribution in [3.63, 3.8) is 0 Å². The fraction of sp³-hybridized carbons (Fsp3) is 0.462. The van der Waals surface area contributed by atoms with Crippen molar-refractivity contribution < 1.29 is 9.90 Å². The lowest BCUT2D eigenvalue weighted by atomic mass is 9.98. The van der Waals surface area contributed by atoms with Crippen molar-refractivity contribution in [1.29, 1.82) is 0 Å². The summed E-state index contributed by atoms with van der Waals surface area (Å²) in [4.78, 5) is 12.1. The number of ketones is 1. The first-order chi connectivity index (χ1) is 7.62. The third-order valence-corrected chi connectivity index (χ3v) is 2.38. The third kappa shape index (κ3) is 4.11. The zero-order valence-corrected chi connectivity index (χ0v) is 11.3. The summed E-state index contributed by atoms with van der Waals surface area (Å²) >= 11 is 5.82. The zero-order valence-electron chi connectivity index (χ0n) is 10.5. The molecule has 0 aromatic heterocycles. The molecule has 0 saturated carbocycles. The molecule has 1 atom stereocenters. The molecule has 0 aliphatic carbocycles. The molecule has 4 heteroatoms. The van der Waals surface area contributed by atoms with Crippen LogP contribution in [0.2, 0.25) is 5.02 Å². The maximum atomic E-state index is 12.1. The number of hydrogen-bond donors (Lipinski definition) is 2. The van der Waals surface area contributed by atoms with Gasteiger partial charge in [0.2, 0.25) is 5.78 Å². The van der Waals surface area contributed by atoms with Crippen LogP contribution in [0.4, 0.5) is 0 Å². The molecule has 1 aromatic rings. The summed E-state index contributed by atoms with van der Waals surface area (Å²) in [6.07, 6.45) is 0. The number of benzene rings is 1. The molecule has 1 rings (SSSR count). The Bertz CT molecular complexity index is 422. The highest BCUT2D eigenvalue weighted by Crippen LogP contribution is 2.17. The molecule has 2 N–H and O–H groups in total. The molecule has 0 heterocycles. The molecule has 0 fully saturated rings. The minimum Gasteiger partial charge on any atom is -0.369 e. The lowest BCUT2D eigenvalue weighted by Crippen LogP contribution is -2.57. The first-order valence-corrected chi connectivity index (χ1v) is 5.82. The number of rotatable bonds is 3. The van der Waals surface area contributed by atoms with E-state index in [0.717, 1.165) is 0 Å². The second kappa shape index (κ2) is 4.77. The summed E-state index contributed by atoms with van der Waals surface area (Å²) in [5.74, 6) is -0.394. The molecule has 3 nitrogen and oxygen atoms in total. The predicted octanol–water partition coefficient (Wildman–Crippen LogP) is 2.62. The highest BCUT2D eigenvalue weighted by molar-refractivity contribution is 6.31. The van der Waals surface area contributed by atoms with Gasteiger partial charge in [0.15, 0.2) is 5.72 Å². The molecule has 94 valence electrons. The lowest BCUT2D eigenvalue weighted by Gasteiger charge is -2.32. The van der Waals surface area contributed by atoms with Crippen molar-refractivity contribution in [2.45, 2.75) is 39.0 Å². The number of carbonyl (C=O) groups excluding carboxylic acids is 1. The largest absolute Gasteiger partial charge is 0.369 e. The molecule has 0 amide bonds. The molecular formula is C13H18ClNO2. The van der Waals surface area contributed by atoms with Crippen molar-refractivity contribution >= 4 is 17.4 Å². The van der Waals surface area contributed by atoms with Crippen LogP contribution >= 0.6 is 11.6 Å². The van der Waals surface area contributed by atoms with E-state index in [0.29, 0.717) is 10.6 Å². The van der Waals surface area contributed by atoms with Gasteiger partial charge >= 0.3 is 0 Å². The maximum Gasteiger partial charge on any atom is 0.209 e. The minimum atomic E-state index is -1.61. The van der Waals surface area contributed by atoms with Crippen molar-refractivity contribution in [2.75, 3.05) is 0 Å². The highest BCUT2D eigenvalue weighted by Gasteiger charge is 2.34. The fourth-order valence-corrected chi connectivity index (χ4v) is 1.89. The molecule has 1 unspecified atom stereocenters. The summed E-state index contributed by atoms with van der Waals surface area (Å²) in [6.45, 7) is 7.09. The van der Waals surface area contributed by atoms with E-state index in [4.69, 9.17) is 11.6 Å². The van der Waals surface area contributed by atoms with Crippen LogP contribution in [0, 0.1) is 0 Å². The fourth-order valence-electron chi connectivity index (χ4n) is 1.70. The van der Waals surface area contributed by atoms with Gasteiger partial charge in [0.25, 0.3) is 0 Å². The number of aliphatic hydroxyl groups is 1. The summed E-state index contributed by atoms with van der Waals surface area (Å²) in [5.41, 5.74) is -1.58. The molecule has 0 radical (unpaired) electrons. The quantitative estimate of drug-likeness (QED) is 0.645. The van der Waals surface area contributed by atoms with Gasteiger partial charge in [-0.2, -0.15) is 0 Å². The molecule has 1 aromatic carbocycles. The Morgan fingerprint density at radius 2 is 1.88 bits per heavy atom. The average Bonchev–Trinajstić information content (AvgIpc) is 2.12. The van der Waals surface area contributed by atoms with Gasteiger partial charge in [-0.3, -0.25) is 10.1 Å². The molecule has 0 bridgehead atoms. The van der Waals surface area contributed by atoms with Crippen LogP contribution in [-0.2, 0) is 0 Å². The minimum absolute atomic E-state index is 0.363. The summed E-state index contributed by atoms with van der Waals surface area (Å²) in [6, 6.07) is 6.54.